The summed E-state index contributed by atoms with van der Waals surface area (Å²) in [7, 11) is 0. The molecular formula is C17H27ClN8. The SMILES string of the molecule is C/C(NC1CCNCC1N)=C1\Nc2ncc(Cl)c(n2)NCCCCC1=N. The molecule has 0 aliphatic carbocycles. The van der Waals surface area contributed by atoms with Gasteiger partial charge in [0.1, 0.15) is 10.8 Å². The lowest BCUT2D eigenvalue weighted by molar-refractivity contribution is 0.362. The number of anilines is 2. The molecule has 1 saturated heterocycles. The lowest BCUT2D eigenvalue weighted by Crippen LogP contribution is -2.55. The molecule has 9 heteroatoms. The van der Waals surface area contributed by atoms with Crippen LogP contribution in [-0.4, -0.2) is 47.4 Å². The molecule has 0 aromatic carbocycles. The fourth-order valence-corrected chi connectivity index (χ4v) is 3.39. The topological polar surface area (TPSA) is 124 Å². The van der Waals surface area contributed by atoms with E-state index in [4.69, 9.17) is 22.7 Å². The first-order valence-electron chi connectivity index (χ1n) is 9.09. The molecule has 3 rings (SSSR count). The molecule has 2 bridgehead atoms. The third-order valence-electron chi connectivity index (χ3n) is 4.73. The molecule has 7 N–H and O–H groups in total. The Bertz CT molecular complexity index is 689. The molecule has 3 heterocycles. The lowest BCUT2D eigenvalue weighted by Gasteiger charge is -2.32. The Morgan fingerprint density at radius 1 is 1.38 bits per heavy atom. The van der Waals surface area contributed by atoms with Crippen LogP contribution in [0.2, 0.25) is 5.02 Å². The number of hydrogen-bond acceptors (Lipinski definition) is 8. The van der Waals surface area contributed by atoms with Crippen LogP contribution in [0.25, 0.3) is 0 Å². The minimum Gasteiger partial charge on any atom is -0.382 e. The van der Waals surface area contributed by atoms with Crippen molar-refractivity contribution >= 4 is 29.1 Å². The summed E-state index contributed by atoms with van der Waals surface area (Å²) in [5, 5.41) is 22.3. The normalized spacial score (nSPS) is 26.2. The summed E-state index contributed by atoms with van der Waals surface area (Å²) in [6, 6.07) is 0.221. The fourth-order valence-electron chi connectivity index (χ4n) is 3.23. The highest BCUT2D eigenvalue weighted by molar-refractivity contribution is 6.32. The molecule has 1 aromatic heterocycles. The molecule has 0 saturated carbocycles. The maximum Gasteiger partial charge on any atom is 0.229 e. The average molecular weight is 379 g/mol. The van der Waals surface area contributed by atoms with Crippen molar-refractivity contribution < 1.29 is 0 Å². The number of allylic oxidation sites excluding steroid dienone is 2. The van der Waals surface area contributed by atoms with Gasteiger partial charge in [-0.3, -0.25) is 0 Å². The number of nitrogens with one attached hydrogen (secondary N) is 5. The van der Waals surface area contributed by atoms with Crippen LogP contribution >= 0.6 is 11.6 Å². The monoisotopic (exact) mass is 378 g/mol. The highest BCUT2D eigenvalue weighted by Crippen LogP contribution is 2.22. The zero-order chi connectivity index (χ0) is 18.5. The van der Waals surface area contributed by atoms with Gasteiger partial charge in [0.05, 0.1) is 17.6 Å². The van der Waals surface area contributed by atoms with Gasteiger partial charge in [0.15, 0.2) is 0 Å². The summed E-state index contributed by atoms with van der Waals surface area (Å²) in [6.45, 7) is 4.47. The number of nitrogens with two attached hydrogens (primary N) is 1. The molecule has 2 atom stereocenters. The van der Waals surface area contributed by atoms with E-state index in [-0.39, 0.29) is 12.1 Å². The van der Waals surface area contributed by atoms with Crippen molar-refractivity contribution in [1.29, 1.82) is 5.41 Å². The molecule has 2 aliphatic heterocycles. The second kappa shape index (κ2) is 8.66. The summed E-state index contributed by atoms with van der Waals surface area (Å²) in [4.78, 5) is 8.70. The van der Waals surface area contributed by atoms with Crippen LogP contribution in [0.4, 0.5) is 11.8 Å². The predicted octanol–water partition coefficient (Wildman–Crippen LogP) is 1.67. The highest BCUT2D eigenvalue weighted by atomic mass is 35.5. The van der Waals surface area contributed by atoms with Crippen LogP contribution in [0.5, 0.6) is 0 Å². The summed E-state index contributed by atoms with van der Waals surface area (Å²) in [5.41, 5.74) is 8.36. The highest BCUT2D eigenvalue weighted by Gasteiger charge is 2.23. The minimum atomic E-state index is 0.0406. The largest absolute Gasteiger partial charge is 0.382 e. The Morgan fingerprint density at radius 3 is 3.04 bits per heavy atom. The van der Waals surface area contributed by atoms with Crippen LogP contribution in [0.1, 0.15) is 32.6 Å². The van der Waals surface area contributed by atoms with Gasteiger partial charge < -0.3 is 32.4 Å². The number of rotatable bonds is 2. The number of fused-ring (bicyclic) bond motifs is 2. The zero-order valence-electron chi connectivity index (χ0n) is 15.0. The summed E-state index contributed by atoms with van der Waals surface area (Å²) in [6.07, 6.45) is 5.06. The van der Waals surface area contributed by atoms with Gasteiger partial charge >= 0.3 is 0 Å². The molecule has 1 fully saturated rings. The van der Waals surface area contributed by atoms with E-state index >= 15 is 0 Å². The van der Waals surface area contributed by atoms with E-state index in [2.05, 4.69) is 31.2 Å². The lowest BCUT2D eigenvalue weighted by atomic mass is 10.0. The molecule has 2 aliphatic rings. The van der Waals surface area contributed by atoms with E-state index in [0.29, 0.717) is 34.6 Å². The van der Waals surface area contributed by atoms with E-state index in [1.165, 1.54) is 0 Å². The minimum absolute atomic E-state index is 0.0406. The van der Waals surface area contributed by atoms with Crippen molar-refractivity contribution in [3.63, 3.8) is 0 Å². The van der Waals surface area contributed by atoms with Gasteiger partial charge in [-0.2, -0.15) is 4.98 Å². The number of hydrogen-bond donors (Lipinski definition) is 6. The van der Waals surface area contributed by atoms with Crippen molar-refractivity contribution in [2.45, 2.75) is 44.7 Å². The van der Waals surface area contributed by atoms with Crippen molar-refractivity contribution in [1.82, 2.24) is 20.6 Å². The first-order chi connectivity index (χ1) is 12.5. The van der Waals surface area contributed by atoms with Gasteiger partial charge in [0.25, 0.3) is 0 Å². The molecular weight excluding hydrogens is 352 g/mol. The Balaban J connectivity index is 1.87. The molecule has 0 amide bonds. The molecule has 0 radical (unpaired) electrons. The van der Waals surface area contributed by atoms with Gasteiger partial charge in [0, 0.05) is 30.9 Å². The number of nitrogens with zero attached hydrogens (tertiary/aromatic N) is 2. The molecule has 26 heavy (non-hydrogen) atoms. The van der Waals surface area contributed by atoms with Crippen LogP contribution in [-0.2, 0) is 0 Å². The van der Waals surface area contributed by atoms with Gasteiger partial charge in [-0.25, -0.2) is 4.98 Å². The van der Waals surface area contributed by atoms with Gasteiger partial charge in [-0.1, -0.05) is 11.6 Å². The van der Waals surface area contributed by atoms with E-state index in [1.54, 1.807) is 6.20 Å². The number of aromatic nitrogens is 2. The van der Waals surface area contributed by atoms with Gasteiger partial charge in [0.2, 0.25) is 5.95 Å². The Morgan fingerprint density at radius 2 is 2.23 bits per heavy atom. The maximum absolute atomic E-state index is 8.52. The fraction of sp³-hybridized carbons (Fsp3) is 0.588. The van der Waals surface area contributed by atoms with Crippen molar-refractivity contribution in [2.75, 3.05) is 30.3 Å². The maximum atomic E-state index is 8.52. The average Bonchev–Trinajstić information content (AvgIpc) is 2.65. The van der Waals surface area contributed by atoms with E-state index in [9.17, 15) is 0 Å². The summed E-state index contributed by atoms with van der Waals surface area (Å²) >= 11 is 6.16. The second-order valence-corrected chi connectivity index (χ2v) is 7.19. The van der Waals surface area contributed by atoms with E-state index < -0.39 is 0 Å². The standard InChI is InChI=1S/C17H27ClN8/c1-10(24-14-5-7-21-9-13(14)20)15-12(19)4-2-3-6-22-16-11(18)8-23-17(25-15)26-16/h8,13-14,19,21,24H,2-7,9,20H2,1H3,(H2,22,23,25,26)/b15-10+,19-12?. The van der Waals surface area contributed by atoms with Crippen molar-refractivity contribution in [3.8, 4) is 0 Å². The third kappa shape index (κ3) is 4.63. The van der Waals surface area contributed by atoms with Gasteiger partial charge in [-0.15, -0.1) is 0 Å². The van der Waals surface area contributed by atoms with Crippen molar-refractivity contribution in [3.05, 3.63) is 22.6 Å². The molecule has 1 aromatic rings. The number of piperidine rings is 1. The first kappa shape index (κ1) is 18.9. The summed E-state index contributed by atoms with van der Waals surface area (Å²) in [5.74, 6) is 1.04. The Kier molecular flexibility index (Phi) is 6.29. The van der Waals surface area contributed by atoms with Crippen LogP contribution in [0.15, 0.2) is 17.6 Å². The van der Waals surface area contributed by atoms with E-state index in [1.807, 2.05) is 6.92 Å². The van der Waals surface area contributed by atoms with Crippen LogP contribution in [0, 0.1) is 5.41 Å². The number of halogens is 1. The Hall–Kier alpha value is -1.90. The van der Waals surface area contributed by atoms with Crippen molar-refractivity contribution in [2.24, 2.45) is 5.73 Å². The first-order valence-corrected chi connectivity index (χ1v) is 9.47. The Labute approximate surface area is 158 Å². The quantitative estimate of drug-likeness (QED) is 0.462. The smallest absolute Gasteiger partial charge is 0.229 e. The third-order valence-corrected chi connectivity index (χ3v) is 5.01. The van der Waals surface area contributed by atoms with Crippen LogP contribution in [0.3, 0.4) is 0 Å². The predicted molar refractivity (Wildman–Crippen MR) is 106 cm³/mol. The molecule has 2 unspecified atom stereocenters. The zero-order valence-corrected chi connectivity index (χ0v) is 15.8. The molecule has 142 valence electrons. The summed E-state index contributed by atoms with van der Waals surface area (Å²) < 4.78 is 0. The van der Waals surface area contributed by atoms with E-state index in [0.717, 1.165) is 44.6 Å². The van der Waals surface area contributed by atoms with Crippen LogP contribution < -0.4 is 27.0 Å². The molecule has 8 nitrogen and oxygen atoms in total. The van der Waals surface area contributed by atoms with Gasteiger partial charge in [-0.05, 0) is 39.2 Å². The molecule has 0 spiro atoms. The second-order valence-electron chi connectivity index (χ2n) is 6.79.